The van der Waals surface area contributed by atoms with E-state index in [0.29, 0.717) is 29.7 Å². The summed E-state index contributed by atoms with van der Waals surface area (Å²) in [6.07, 6.45) is 1.54. The van der Waals surface area contributed by atoms with Gasteiger partial charge in [-0.15, -0.1) is 0 Å². The third kappa shape index (κ3) is 1.39. The van der Waals surface area contributed by atoms with Crippen molar-refractivity contribution in [1.29, 1.82) is 0 Å². The Hall–Kier alpha value is -0.930. The minimum Gasteiger partial charge on any atom is -0.486 e. The van der Waals surface area contributed by atoms with Crippen LogP contribution in [-0.4, -0.2) is 18.3 Å². The van der Waals surface area contributed by atoms with Crippen LogP contribution in [-0.2, 0) is 5.60 Å². The Kier molecular flexibility index (Phi) is 2.10. The predicted octanol–water partition coefficient (Wildman–Crippen LogP) is 2.40. The Morgan fingerprint density at radius 3 is 2.69 bits per heavy atom. The van der Waals surface area contributed by atoms with Crippen LogP contribution in [0.5, 0.6) is 11.5 Å². The van der Waals surface area contributed by atoms with Crippen LogP contribution in [0.3, 0.4) is 0 Å². The van der Waals surface area contributed by atoms with Crippen molar-refractivity contribution in [2.45, 2.75) is 25.4 Å². The molecule has 0 aromatic heterocycles. The van der Waals surface area contributed by atoms with E-state index in [9.17, 15) is 5.11 Å². The maximum Gasteiger partial charge on any atom is 0.180 e. The highest BCUT2D eigenvalue weighted by Crippen LogP contribution is 2.53. The second-order valence-electron chi connectivity index (χ2n) is 4.44. The smallest absolute Gasteiger partial charge is 0.180 e. The predicted molar refractivity (Wildman–Crippen MR) is 60.3 cm³/mol. The van der Waals surface area contributed by atoms with Crippen molar-refractivity contribution in [2.24, 2.45) is 0 Å². The fourth-order valence-electron chi connectivity index (χ4n) is 2.21. The Labute approximate surface area is 98.9 Å². The summed E-state index contributed by atoms with van der Waals surface area (Å²) in [5, 5.41) is 10.7. The van der Waals surface area contributed by atoms with E-state index in [1.54, 1.807) is 0 Å². The van der Waals surface area contributed by atoms with Gasteiger partial charge in [0.2, 0.25) is 0 Å². The first-order chi connectivity index (χ1) is 7.62. The molecule has 3 rings (SSSR count). The van der Waals surface area contributed by atoms with Crippen molar-refractivity contribution in [3.63, 3.8) is 0 Å². The van der Waals surface area contributed by atoms with E-state index in [2.05, 4.69) is 0 Å². The van der Waals surface area contributed by atoms with Gasteiger partial charge in [-0.25, -0.2) is 0 Å². The molecule has 2 aliphatic rings. The molecule has 1 aliphatic carbocycles. The monoisotopic (exact) mass is 240 g/mol. The zero-order valence-electron chi connectivity index (χ0n) is 9.05. The molecule has 0 atom stereocenters. The van der Waals surface area contributed by atoms with Gasteiger partial charge in [0, 0.05) is 5.56 Å². The average molecular weight is 241 g/mol. The topological polar surface area (TPSA) is 38.7 Å². The molecule has 0 bridgehead atoms. The lowest BCUT2D eigenvalue weighted by atomic mass is 10.0. The number of aliphatic hydroxyl groups is 1. The molecule has 86 valence electrons. The van der Waals surface area contributed by atoms with Crippen molar-refractivity contribution in [2.75, 3.05) is 13.2 Å². The van der Waals surface area contributed by atoms with Crippen LogP contribution in [0.1, 0.15) is 24.0 Å². The minimum absolute atomic E-state index is 0.508. The average Bonchev–Trinajstić information content (AvgIpc) is 2.97. The summed E-state index contributed by atoms with van der Waals surface area (Å²) in [4.78, 5) is 0. The maximum absolute atomic E-state index is 10.2. The van der Waals surface area contributed by atoms with E-state index in [0.717, 1.165) is 24.0 Å². The van der Waals surface area contributed by atoms with E-state index in [4.69, 9.17) is 21.1 Å². The molecule has 0 amide bonds. The normalized spacial score (nSPS) is 20.7. The summed E-state index contributed by atoms with van der Waals surface area (Å²) >= 11 is 6.29. The van der Waals surface area contributed by atoms with Gasteiger partial charge in [0.05, 0.1) is 10.6 Å². The van der Waals surface area contributed by atoms with Crippen molar-refractivity contribution >= 4 is 11.6 Å². The number of hydrogen-bond acceptors (Lipinski definition) is 3. The molecule has 1 N–H and O–H groups in total. The molecule has 1 aromatic carbocycles. The van der Waals surface area contributed by atoms with E-state index >= 15 is 0 Å². The third-order valence-electron chi connectivity index (χ3n) is 3.16. The van der Waals surface area contributed by atoms with Gasteiger partial charge in [-0.1, -0.05) is 11.6 Å². The first-order valence-electron chi connectivity index (χ1n) is 5.43. The SMILES string of the molecule is Cc1cc2c(c(Cl)c1C1(O)CC1)OCCO2. The third-order valence-corrected chi connectivity index (χ3v) is 3.52. The molecule has 4 heteroatoms. The van der Waals surface area contributed by atoms with Gasteiger partial charge in [-0.05, 0) is 31.4 Å². The zero-order valence-corrected chi connectivity index (χ0v) is 9.80. The van der Waals surface area contributed by atoms with Gasteiger partial charge < -0.3 is 14.6 Å². The zero-order chi connectivity index (χ0) is 11.3. The van der Waals surface area contributed by atoms with Gasteiger partial charge in [0.25, 0.3) is 0 Å². The van der Waals surface area contributed by atoms with Gasteiger partial charge in [0.15, 0.2) is 11.5 Å². The van der Waals surface area contributed by atoms with Crippen molar-refractivity contribution in [1.82, 2.24) is 0 Å². The fourth-order valence-corrected chi connectivity index (χ4v) is 2.68. The molecular formula is C12H13ClO3. The number of rotatable bonds is 1. The highest BCUT2D eigenvalue weighted by Gasteiger charge is 2.46. The minimum atomic E-state index is -0.739. The molecule has 1 heterocycles. The number of aryl methyl sites for hydroxylation is 1. The van der Waals surface area contributed by atoms with Crippen LogP contribution in [0.2, 0.25) is 5.02 Å². The molecule has 0 radical (unpaired) electrons. The lowest BCUT2D eigenvalue weighted by Gasteiger charge is -2.24. The molecule has 3 nitrogen and oxygen atoms in total. The molecular weight excluding hydrogens is 228 g/mol. The molecule has 1 fully saturated rings. The van der Waals surface area contributed by atoms with Crippen LogP contribution in [0.4, 0.5) is 0 Å². The quantitative estimate of drug-likeness (QED) is 0.819. The summed E-state index contributed by atoms with van der Waals surface area (Å²) in [7, 11) is 0. The summed E-state index contributed by atoms with van der Waals surface area (Å²) in [6, 6.07) is 1.89. The Balaban J connectivity index is 2.18. The number of halogens is 1. The van der Waals surface area contributed by atoms with Crippen LogP contribution in [0.25, 0.3) is 0 Å². The second kappa shape index (κ2) is 3.28. The molecule has 1 aromatic rings. The highest BCUT2D eigenvalue weighted by atomic mass is 35.5. The highest BCUT2D eigenvalue weighted by molar-refractivity contribution is 6.33. The van der Waals surface area contributed by atoms with E-state index in [1.165, 1.54) is 0 Å². The summed E-state index contributed by atoms with van der Waals surface area (Å²) in [6.45, 7) is 3.00. The lowest BCUT2D eigenvalue weighted by molar-refractivity contribution is 0.146. The van der Waals surface area contributed by atoms with Crippen LogP contribution in [0.15, 0.2) is 6.07 Å². The summed E-state index contributed by atoms with van der Waals surface area (Å²) < 4.78 is 11.0. The molecule has 0 spiro atoms. The van der Waals surface area contributed by atoms with Crippen molar-refractivity contribution in [3.05, 3.63) is 22.2 Å². The maximum atomic E-state index is 10.2. The van der Waals surface area contributed by atoms with Gasteiger partial charge in [0.1, 0.15) is 13.2 Å². The number of ether oxygens (including phenoxy) is 2. The second-order valence-corrected chi connectivity index (χ2v) is 4.82. The summed E-state index contributed by atoms with van der Waals surface area (Å²) in [5.41, 5.74) is 1.03. The van der Waals surface area contributed by atoms with Crippen molar-refractivity contribution < 1.29 is 14.6 Å². The standard InChI is InChI=1S/C12H13ClO3/c1-7-6-8-11(16-5-4-15-8)10(13)9(7)12(14)2-3-12/h6,14H,2-5H2,1H3. The Morgan fingerprint density at radius 1 is 1.31 bits per heavy atom. The molecule has 0 saturated heterocycles. The number of fused-ring (bicyclic) bond motifs is 1. The van der Waals surface area contributed by atoms with Gasteiger partial charge >= 0.3 is 0 Å². The number of benzene rings is 1. The Bertz CT molecular complexity index is 452. The first-order valence-corrected chi connectivity index (χ1v) is 5.81. The number of hydrogen-bond donors (Lipinski definition) is 1. The molecule has 1 aliphatic heterocycles. The van der Waals surface area contributed by atoms with Crippen LogP contribution >= 0.6 is 11.6 Å². The van der Waals surface area contributed by atoms with Gasteiger partial charge in [-0.3, -0.25) is 0 Å². The molecule has 1 saturated carbocycles. The molecule has 0 unspecified atom stereocenters. The van der Waals surface area contributed by atoms with Crippen molar-refractivity contribution in [3.8, 4) is 11.5 Å². The fraction of sp³-hybridized carbons (Fsp3) is 0.500. The molecule has 16 heavy (non-hydrogen) atoms. The van der Waals surface area contributed by atoms with E-state index in [1.807, 2.05) is 13.0 Å². The van der Waals surface area contributed by atoms with Crippen LogP contribution in [0, 0.1) is 6.92 Å². The van der Waals surface area contributed by atoms with Crippen LogP contribution < -0.4 is 9.47 Å². The largest absolute Gasteiger partial charge is 0.486 e. The van der Waals surface area contributed by atoms with Gasteiger partial charge in [-0.2, -0.15) is 0 Å². The van der Waals surface area contributed by atoms with E-state index in [-0.39, 0.29) is 0 Å². The Morgan fingerprint density at radius 2 is 2.00 bits per heavy atom. The van der Waals surface area contributed by atoms with E-state index < -0.39 is 5.60 Å². The lowest BCUT2D eigenvalue weighted by Crippen LogP contribution is -2.18. The summed E-state index contributed by atoms with van der Waals surface area (Å²) in [5.74, 6) is 1.26. The first kappa shape index (κ1) is 10.2.